The zero-order valence-corrected chi connectivity index (χ0v) is 15.1. The number of nitrogens with one attached hydrogen (secondary N) is 1. The standard InChI is InChI=1S/C18H22N4O3/c1-6-21-13-8-7-12(9-14(13)22(10(2)3)18(21)25)16(23)15-11(4)19-20(5)17(15)24/h7-10,19H,6H2,1-5H3. The van der Waals surface area contributed by atoms with Crippen molar-refractivity contribution >= 4 is 16.8 Å². The number of hydrogen-bond donors (Lipinski definition) is 1. The molecule has 0 saturated heterocycles. The molecule has 7 heteroatoms. The summed E-state index contributed by atoms with van der Waals surface area (Å²) in [5.41, 5.74) is 2.12. The Morgan fingerprint density at radius 2 is 1.88 bits per heavy atom. The van der Waals surface area contributed by atoms with Crippen LogP contribution < -0.4 is 11.2 Å². The largest absolute Gasteiger partial charge is 0.329 e. The average molecular weight is 342 g/mol. The normalized spacial score (nSPS) is 11.6. The summed E-state index contributed by atoms with van der Waals surface area (Å²) in [7, 11) is 1.58. The molecule has 2 aromatic heterocycles. The summed E-state index contributed by atoms with van der Waals surface area (Å²) in [5.74, 6) is -0.340. The summed E-state index contributed by atoms with van der Waals surface area (Å²) >= 11 is 0. The minimum atomic E-state index is -0.352. The Labute approximate surface area is 144 Å². The summed E-state index contributed by atoms with van der Waals surface area (Å²) in [6.45, 7) is 8.03. The molecule has 0 fully saturated rings. The van der Waals surface area contributed by atoms with E-state index in [0.29, 0.717) is 23.3 Å². The molecule has 0 saturated carbocycles. The Hall–Kier alpha value is -2.83. The molecule has 1 aromatic carbocycles. The molecule has 0 aliphatic rings. The molecule has 132 valence electrons. The van der Waals surface area contributed by atoms with Crippen LogP contribution >= 0.6 is 0 Å². The molecule has 0 unspecified atom stereocenters. The van der Waals surface area contributed by atoms with Crippen LogP contribution in [0.15, 0.2) is 27.8 Å². The molecule has 3 aromatic rings. The highest BCUT2D eigenvalue weighted by Crippen LogP contribution is 2.20. The molecule has 2 heterocycles. The number of aryl methyl sites for hydroxylation is 3. The van der Waals surface area contributed by atoms with Gasteiger partial charge < -0.3 is 0 Å². The molecule has 0 amide bonds. The highest BCUT2D eigenvalue weighted by molar-refractivity contribution is 6.10. The van der Waals surface area contributed by atoms with E-state index in [1.807, 2.05) is 20.8 Å². The van der Waals surface area contributed by atoms with Crippen LogP contribution in [0.1, 0.15) is 48.4 Å². The first-order chi connectivity index (χ1) is 11.8. The van der Waals surface area contributed by atoms with Gasteiger partial charge in [0.2, 0.25) is 5.78 Å². The second-order valence-electron chi connectivity index (χ2n) is 6.50. The predicted octanol–water partition coefficient (Wildman–Crippen LogP) is 1.97. The summed E-state index contributed by atoms with van der Waals surface area (Å²) in [6.07, 6.45) is 0. The van der Waals surface area contributed by atoms with Gasteiger partial charge in [0.15, 0.2) is 0 Å². The van der Waals surface area contributed by atoms with E-state index in [4.69, 9.17) is 0 Å². The Kier molecular flexibility index (Phi) is 4.02. The maximum atomic E-state index is 12.9. The summed E-state index contributed by atoms with van der Waals surface area (Å²) in [6, 6.07) is 5.12. The van der Waals surface area contributed by atoms with Gasteiger partial charge in [-0.1, -0.05) is 0 Å². The second-order valence-corrected chi connectivity index (χ2v) is 6.50. The monoisotopic (exact) mass is 342 g/mol. The lowest BCUT2D eigenvalue weighted by atomic mass is 10.0. The van der Waals surface area contributed by atoms with E-state index in [1.54, 1.807) is 41.3 Å². The fourth-order valence-electron chi connectivity index (χ4n) is 3.32. The van der Waals surface area contributed by atoms with Gasteiger partial charge in [-0.25, -0.2) is 4.79 Å². The van der Waals surface area contributed by atoms with E-state index in [1.165, 1.54) is 4.68 Å². The summed E-state index contributed by atoms with van der Waals surface area (Å²) in [4.78, 5) is 37.7. The minimum absolute atomic E-state index is 0.0324. The van der Waals surface area contributed by atoms with Crippen molar-refractivity contribution < 1.29 is 4.79 Å². The molecular formula is C18H22N4O3. The van der Waals surface area contributed by atoms with Crippen LogP contribution in [-0.2, 0) is 13.6 Å². The van der Waals surface area contributed by atoms with Crippen molar-refractivity contribution in [3.05, 3.63) is 55.9 Å². The number of imidazole rings is 1. The van der Waals surface area contributed by atoms with Gasteiger partial charge >= 0.3 is 5.69 Å². The maximum absolute atomic E-state index is 12.9. The number of carbonyl (C=O) groups is 1. The number of H-pyrrole nitrogens is 1. The van der Waals surface area contributed by atoms with Gasteiger partial charge in [0.25, 0.3) is 5.56 Å². The molecule has 25 heavy (non-hydrogen) atoms. The third-order valence-electron chi connectivity index (χ3n) is 4.51. The number of ketones is 1. The second kappa shape index (κ2) is 5.91. The van der Waals surface area contributed by atoms with E-state index >= 15 is 0 Å². The van der Waals surface area contributed by atoms with Gasteiger partial charge in [0.1, 0.15) is 5.56 Å². The molecule has 0 atom stereocenters. The lowest BCUT2D eigenvalue weighted by Gasteiger charge is -2.07. The van der Waals surface area contributed by atoms with Gasteiger partial charge in [0.05, 0.1) is 11.0 Å². The molecular weight excluding hydrogens is 320 g/mol. The van der Waals surface area contributed by atoms with Crippen LogP contribution in [0.4, 0.5) is 0 Å². The number of carbonyl (C=O) groups excluding carboxylic acids is 1. The molecule has 0 radical (unpaired) electrons. The van der Waals surface area contributed by atoms with Gasteiger partial charge in [-0.3, -0.25) is 28.5 Å². The Morgan fingerprint density at radius 3 is 2.40 bits per heavy atom. The number of rotatable bonds is 4. The molecule has 0 aliphatic heterocycles. The summed E-state index contributed by atoms with van der Waals surface area (Å²) < 4.78 is 4.65. The Morgan fingerprint density at radius 1 is 1.20 bits per heavy atom. The third-order valence-corrected chi connectivity index (χ3v) is 4.51. The van der Waals surface area contributed by atoms with Crippen molar-refractivity contribution in [2.75, 3.05) is 0 Å². The number of nitrogens with zero attached hydrogens (tertiary/aromatic N) is 3. The topological polar surface area (TPSA) is 81.8 Å². The van der Waals surface area contributed by atoms with E-state index in [0.717, 1.165) is 5.52 Å². The van der Waals surface area contributed by atoms with E-state index in [-0.39, 0.29) is 28.6 Å². The molecule has 1 N–H and O–H groups in total. The van der Waals surface area contributed by atoms with E-state index in [2.05, 4.69) is 5.10 Å². The number of hydrogen-bond acceptors (Lipinski definition) is 3. The first-order valence-electron chi connectivity index (χ1n) is 8.33. The zero-order chi connectivity index (χ0) is 18.5. The minimum Gasteiger partial charge on any atom is -0.299 e. The summed E-state index contributed by atoms with van der Waals surface area (Å²) in [5, 5.41) is 2.84. The quantitative estimate of drug-likeness (QED) is 0.736. The van der Waals surface area contributed by atoms with Gasteiger partial charge in [-0.15, -0.1) is 0 Å². The van der Waals surface area contributed by atoms with Crippen LogP contribution in [0, 0.1) is 6.92 Å². The molecule has 7 nitrogen and oxygen atoms in total. The maximum Gasteiger partial charge on any atom is 0.329 e. The Balaban J connectivity index is 2.26. The smallest absolute Gasteiger partial charge is 0.299 e. The van der Waals surface area contributed by atoms with Gasteiger partial charge in [-0.05, 0) is 45.9 Å². The van der Waals surface area contributed by atoms with Crippen molar-refractivity contribution in [1.29, 1.82) is 0 Å². The van der Waals surface area contributed by atoms with Crippen molar-refractivity contribution in [2.45, 2.75) is 40.3 Å². The Bertz CT molecular complexity index is 1090. The van der Waals surface area contributed by atoms with Crippen LogP contribution in [0.5, 0.6) is 0 Å². The lowest BCUT2D eigenvalue weighted by Crippen LogP contribution is -2.25. The van der Waals surface area contributed by atoms with Crippen molar-refractivity contribution in [1.82, 2.24) is 18.9 Å². The molecule has 3 rings (SSSR count). The number of fused-ring (bicyclic) bond motifs is 1. The highest BCUT2D eigenvalue weighted by atomic mass is 16.2. The van der Waals surface area contributed by atoms with Crippen molar-refractivity contribution in [3.63, 3.8) is 0 Å². The fraction of sp³-hybridized carbons (Fsp3) is 0.389. The first kappa shape index (κ1) is 17.0. The molecule has 0 aliphatic carbocycles. The predicted molar refractivity (Wildman–Crippen MR) is 96.5 cm³/mol. The molecule has 0 bridgehead atoms. The highest BCUT2D eigenvalue weighted by Gasteiger charge is 2.21. The van der Waals surface area contributed by atoms with Crippen LogP contribution in [0.2, 0.25) is 0 Å². The lowest BCUT2D eigenvalue weighted by molar-refractivity contribution is 0.103. The van der Waals surface area contributed by atoms with Crippen molar-refractivity contribution in [2.24, 2.45) is 7.05 Å². The SMILES string of the molecule is CCn1c(=O)n(C(C)C)c2cc(C(=O)c3c(C)[nH]n(C)c3=O)ccc21. The number of benzene rings is 1. The zero-order valence-electron chi connectivity index (χ0n) is 15.1. The van der Waals surface area contributed by atoms with Crippen LogP contribution in [-0.4, -0.2) is 24.7 Å². The van der Waals surface area contributed by atoms with Gasteiger partial charge in [-0.2, -0.15) is 0 Å². The number of aromatic nitrogens is 4. The molecule has 0 spiro atoms. The van der Waals surface area contributed by atoms with Crippen LogP contribution in [0.3, 0.4) is 0 Å². The fourth-order valence-corrected chi connectivity index (χ4v) is 3.32. The third kappa shape index (κ3) is 2.47. The number of aromatic amines is 1. The van der Waals surface area contributed by atoms with Crippen LogP contribution in [0.25, 0.3) is 11.0 Å². The van der Waals surface area contributed by atoms with Gasteiger partial charge in [0, 0.05) is 30.9 Å². The average Bonchev–Trinajstić information content (AvgIpc) is 2.98. The van der Waals surface area contributed by atoms with E-state index < -0.39 is 0 Å². The van der Waals surface area contributed by atoms with E-state index in [9.17, 15) is 14.4 Å². The van der Waals surface area contributed by atoms with Crippen molar-refractivity contribution in [3.8, 4) is 0 Å². The first-order valence-corrected chi connectivity index (χ1v) is 8.33.